The van der Waals surface area contributed by atoms with Gasteiger partial charge in [-0.25, -0.2) is 13.6 Å². The zero-order valence-electron chi connectivity index (χ0n) is 21.4. The van der Waals surface area contributed by atoms with Crippen molar-refractivity contribution in [3.8, 4) is 0 Å². The molecule has 2 aromatic rings. The number of benzene rings is 2. The number of nitrogens with one attached hydrogen (secondary N) is 2. The van der Waals surface area contributed by atoms with E-state index in [-0.39, 0.29) is 29.3 Å². The van der Waals surface area contributed by atoms with Crippen LogP contribution in [0.4, 0.5) is 14.5 Å². The maximum atomic E-state index is 14.8. The smallest absolute Gasteiger partial charge is 0.337 e. The molecule has 0 aliphatic carbocycles. The molecule has 38 heavy (non-hydrogen) atoms. The van der Waals surface area contributed by atoms with Gasteiger partial charge in [-0.1, -0.05) is 42.5 Å². The quantitative estimate of drug-likeness (QED) is 0.408. The van der Waals surface area contributed by atoms with Crippen molar-refractivity contribution >= 4 is 17.6 Å². The van der Waals surface area contributed by atoms with Gasteiger partial charge in [-0.3, -0.25) is 4.79 Å². The zero-order valence-corrected chi connectivity index (χ0v) is 21.4. The second kappa shape index (κ2) is 10.7. The number of hydrogen-bond acceptors (Lipinski definition) is 6. The largest absolute Gasteiger partial charge is 0.466 e. The van der Waals surface area contributed by atoms with Crippen LogP contribution in [0.2, 0.25) is 0 Å². The fourth-order valence-electron chi connectivity index (χ4n) is 5.54. The van der Waals surface area contributed by atoms with Crippen molar-refractivity contribution in [1.29, 1.82) is 0 Å². The van der Waals surface area contributed by atoms with E-state index in [2.05, 4.69) is 15.5 Å². The van der Waals surface area contributed by atoms with Crippen LogP contribution in [0.5, 0.6) is 0 Å². The Morgan fingerprint density at radius 2 is 1.79 bits per heavy atom. The lowest BCUT2D eigenvalue weighted by molar-refractivity contribution is -0.138. The van der Waals surface area contributed by atoms with Crippen LogP contribution in [0.1, 0.15) is 18.4 Å². The summed E-state index contributed by atoms with van der Waals surface area (Å²) in [6.07, 6.45) is 4.44. The summed E-state index contributed by atoms with van der Waals surface area (Å²) < 4.78 is 41.0. The molecule has 5 rings (SSSR count). The monoisotopic (exact) mass is 523 g/mol. The summed E-state index contributed by atoms with van der Waals surface area (Å²) in [5.74, 6) is -2.68. The maximum Gasteiger partial charge on any atom is 0.337 e. The van der Waals surface area contributed by atoms with Crippen molar-refractivity contribution in [1.82, 2.24) is 10.2 Å². The lowest BCUT2D eigenvalue weighted by atomic mass is 9.78. The Bertz CT molecular complexity index is 1250. The van der Waals surface area contributed by atoms with Crippen LogP contribution in [0.3, 0.4) is 0 Å². The predicted molar refractivity (Wildman–Crippen MR) is 138 cm³/mol. The Hall–Kier alpha value is -3.56. The summed E-state index contributed by atoms with van der Waals surface area (Å²) in [7, 11) is 3.27. The van der Waals surface area contributed by atoms with E-state index in [1.807, 2.05) is 37.4 Å². The van der Waals surface area contributed by atoms with Crippen LogP contribution in [0, 0.1) is 11.6 Å². The number of amides is 1. The fourth-order valence-corrected chi connectivity index (χ4v) is 5.54. The first-order chi connectivity index (χ1) is 18.3. The molecular weight excluding hydrogens is 492 g/mol. The number of anilines is 1. The number of esters is 1. The molecule has 9 heteroatoms. The van der Waals surface area contributed by atoms with Crippen LogP contribution >= 0.6 is 0 Å². The standard InChI is InChI=1S/C29H31F2N3O4/c1-34-15-12-19(13-16-34)32-27(35)24-22-11-14-29(38-22,25(24)28(36)37-2)23(17-18-7-4-3-5-8-18)33-26-20(30)9-6-10-21(26)31/h3-11,14,19,22-23,33H,12-13,15-17H2,1-2H3,(H,32,35). The lowest BCUT2D eigenvalue weighted by Gasteiger charge is -2.36. The number of para-hydroxylation sites is 1. The van der Waals surface area contributed by atoms with E-state index in [0.717, 1.165) is 43.6 Å². The highest BCUT2D eigenvalue weighted by Gasteiger charge is 2.58. The Kier molecular flexibility index (Phi) is 7.32. The molecule has 3 aliphatic heterocycles. The van der Waals surface area contributed by atoms with Gasteiger partial charge in [0.05, 0.1) is 24.3 Å². The molecule has 1 saturated heterocycles. The highest BCUT2D eigenvalue weighted by molar-refractivity contribution is 6.07. The number of halogens is 2. The second-order valence-electron chi connectivity index (χ2n) is 10.0. The van der Waals surface area contributed by atoms with Crippen LogP contribution < -0.4 is 10.6 Å². The van der Waals surface area contributed by atoms with Gasteiger partial charge in [0.25, 0.3) is 5.91 Å². The summed E-state index contributed by atoms with van der Waals surface area (Å²) >= 11 is 0. The van der Waals surface area contributed by atoms with E-state index in [1.165, 1.54) is 13.2 Å². The molecule has 3 heterocycles. The van der Waals surface area contributed by atoms with Crippen molar-refractivity contribution in [2.45, 2.75) is 43.1 Å². The van der Waals surface area contributed by atoms with Crippen molar-refractivity contribution in [2.75, 3.05) is 32.6 Å². The Morgan fingerprint density at radius 1 is 1.11 bits per heavy atom. The number of rotatable bonds is 8. The molecule has 3 atom stereocenters. The molecule has 0 radical (unpaired) electrons. The third-order valence-electron chi connectivity index (χ3n) is 7.55. The van der Waals surface area contributed by atoms with Crippen molar-refractivity contribution in [2.24, 2.45) is 0 Å². The molecule has 200 valence electrons. The van der Waals surface area contributed by atoms with Gasteiger partial charge in [0.15, 0.2) is 0 Å². The van der Waals surface area contributed by atoms with E-state index in [1.54, 1.807) is 12.2 Å². The minimum atomic E-state index is -1.48. The average molecular weight is 524 g/mol. The fraction of sp³-hybridized carbons (Fsp3) is 0.379. The summed E-state index contributed by atoms with van der Waals surface area (Å²) in [4.78, 5) is 29.0. The van der Waals surface area contributed by atoms with Crippen LogP contribution in [-0.2, 0) is 25.5 Å². The number of fused-ring (bicyclic) bond motifs is 2. The molecular formula is C29H31F2N3O4. The van der Waals surface area contributed by atoms with Gasteiger partial charge >= 0.3 is 5.97 Å². The minimum absolute atomic E-state index is 0.0325. The number of methoxy groups -OCH3 is 1. The van der Waals surface area contributed by atoms with Crippen molar-refractivity contribution < 1.29 is 27.8 Å². The third kappa shape index (κ3) is 4.83. The molecule has 2 N–H and O–H groups in total. The highest BCUT2D eigenvalue weighted by atomic mass is 19.1. The third-order valence-corrected chi connectivity index (χ3v) is 7.55. The molecule has 0 aromatic heterocycles. The molecule has 3 unspecified atom stereocenters. The molecule has 7 nitrogen and oxygen atoms in total. The van der Waals surface area contributed by atoms with Gasteiger partial charge < -0.3 is 25.0 Å². The van der Waals surface area contributed by atoms with Crippen LogP contribution in [0.25, 0.3) is 0 Å². The lowest BCUT2D eigenvalue weighted by Crippen LogP contribution is -2.50. The first-order valence-electron chi connectivity index (χ1n) is 12.8. The van der Waals surface area contributed by atoms with E-state index >= 15 is 0 Å². The number of carbonyl (C=O) groups is 2. The molecule has 3 aliphatic rings. The first-order valence-corrected chi connectivity index (χ1v) is 12.8. The number of ether oxygens (including phenoxy) is 2. The second-order valence-corrected chi connectivity index (χ2v) is 10.0. The van der Waals surface area contributed by atoms with Gasteiger partial charge in [-0.2, -0.15) is 0 Å². The predicted octanol–water partition coefficient (Wildman–Crippen LogP) is 3.38. The summed E-state index contributed by atoms with van der Waals surface area (Å²) in [6, 6.07) is 12.0. The van der Waals surface area contributed by atoms with E-state index in [4.69, 9.17) is 9.47 Å². The van der Waals surface area contributed by atoms with Crippen molar-refractivity contribution in [3.05, 3.63) is 89.0 Å². The van der Waals surface area contributed by atoms with Crippen molar-refractivity contribution in [3.63, 3.8) is 0 Å². The number of piperidine rings is 1. The zero-order chi connectivity index (χ0) is 26.9. The number of hydrogen-bond donors (Lipinski definition) is 2. The van der Waals surface area contributed by atoms with Gasteiger partial charge in [0, 0.05) is 6.04 Å². The topological polar surface area (TPSA) is 79.9 Å². The SMILES string of the molecule is COC(=O)C1=C(C(=O)NC2CCN(C)CC2)C2C=CC1(C(Cc1ccccc1)Nc1c(F)cccc1F)O2. The number of nitrogens with zero attached hydrogens (tertiary/aromatic N) is 1. The van der Waals surface area contributed by atoms with Gasteiger partial charge in [-0.15, -0.1) is 0 Å². The van der Waals surface area contributed by atoms with E-state index < -0.39 is 41.3 Å². The van der Waals surface area contributed by atoms with Crippen LogP contribution in [-0.4, -0.2) is 67.8 Å². The highest BCUT2D eigenvalue weighted by Crippen LogP contribution is 2.47. The summed E-state index contributed by atoms with van der Waals surface area (Å²) in [5, 5.41) is 6.04. The van der Waals surface area contributed by atoms with Gasteiger partial charge in [0.2, 0.25) is 0 Å². The Labute approximate surface area is 220 Å². The molecule has 2 bridgehead atoms. The number of likely N-dealkylation sites (tertiary alicyclic amines) is 1. The van der Waals surface area contributed by atoms with E-state index in [0.29, 0.717) is 0 Å². The average Bonchev–Trinajstić information content (AvgIpc) is 3.50. The van der Waals surface area contributed by atoms with Crippen LogP contribution in [0.15, 0.2) is 71.8 Å². The molecule has 1 amide bonds. The Morgan fingerprint density at radius 3 is 2.45 bits per heavy atom. The molecule has 0 spiro atoms. The molecule has 1 fully saturated rings. The van der Waals surface area contributed by atoms with E-state index in [9.17, 15) is 18.4 Å². The summed E-state index contributed by atoms with van der Waals surface area (Å²) in [5.41, 5.74) is -0.751. The maximum absolute atomic E-state index is 14.8. The van der Waals surface area contributed by atoms with Gasteiger partial charge in [0.1, 0.15) is 29.0 Å². The summed E-state index contributed by atoms with van der Waals surface area (Å²) in [6.45, 7) is 1.71. The number of carbonyl (C=O) groups excluding carboxylic acids is 2. The molecule has 2 aromatic carbocycles. The van der Waals surface area contributed by atoms with Gasteiger partial charge in [-0.05, 0) is 63.2 Å². The Balaban J connectivity index is 1.55. The normalized spacial score (nSPS) is 23.9. The molecule has 0 saturated carbocycles. The first kappa shape index (κ1) is 26.1. The minimum Gasteiger partial charge on any atom is -0.466 e.